The number of unbranched alkanes of at least 4 members (excludes halogenated alkanes) is 1. The number of rotatable bonds is 26. The molecule has 1 rings (SSSR count). The van der Waals surface area contributed by atoms with Crippen LogP contribution in [0.15, 0.2) is 0 Å². The number of carboxylic acids is 1. The molecule has 8 amide bonds. The van der Waals surface area contributed by atoms with Crippen molar-refractivity contribution in [3.63, 3.8) is 0 Å². The van der Waals surface area contributed by atoms with Crippen molar-refractivity contribution in [3.05, 3.63) is 0 Å². The predicted molar refractivity (Wildman–Crippen MR) is 191 cm³/mol. The van der Waals surface area contributed by atoms with E-state index in [-0.39, 0.29) is 96.8 Å². The van der Waals surface area contributed by atoms with Crippen molar-refractivity contribution in [2.24, 2.45) is 11.5 Å². The van der Waals surface area contributed by atoms with Crippen molar-refractivity contribution in [1.29, 1.82) is 5.41 Å². The minimum absolute atomic E-state index is 0.00431. The zero-order chi connectivity index (χ0) is 40.8. The molecule has 24 nitrogen and oxygen atoms in total. The van der Waals surface area contributed by atoms with E-state index in [9.17, 15) is 43.5 Å². The minimum atomic E-state index is -1.67. The SMILES string of the molecule is N=C(N)NCCC[C@@H]1NC(=O)[C@H](CCCCNC(=O)COCCOCCNC(=O)COCCOCCN)NC(=O)NC(=O)[C@H](CC(=O)O)NC(=O)CNC1=O. The number of carboxylic acid groups (broad SMARTS) is 1. The predicted octanol–water partition coefficient (Wildman–Crippen LogP) is -5.55. The Morgan fingerprint density at radius 1 is 0.691 bits per heavy atom. The van der Waals surface area contributed by atoms with Gasteiger partial charge in [-0.05, 0) is 32.1 Å². The first-order valence-electron chi connectivity index (χ1n) is 17.6. The molecule has 0 saturated carbocycles. The highest BCUT2D eigenvalue weighted by molar-refractivity contribution is 6.02. The van der Waals surface area contributed by atoms with Gasteiger partial charge in [-0.2, -0.15) is 0 Å². The number of imide groups is 1. The van der Waals surface area contributed by atoms with Crippen LogP contribution >= 0.6 is 0 Å². The zero-order valence-electron chi connectivity index (χ0n) is 30.7. The van der Waals surface area contributed by atoms with Crippen LogP contribution in [0.4, 0.5) is 4.79 Å². The Hall–Kier alpha value is -5.17. The Kier molecular flexibility index (Phi) is 25.4. The molecule has 3 atom stereocenters. The lowest BCUT2D eigenvalue weighted by molar-refractivity contribution is -0.140. The fraction of sp³-hybridized carbons (Fsp3) is 0.710. The fourth-order valence-corrected chi connectivity index (χ4v) is 4.57. The molecule has 1 aliphatic rings. The van der Waals surface area contributed by atoms with Gasteiger partial charge >= 0.3 is 12.0 Å². The van der Waals surface area contributed by atoms with Gasteiger partial charge in [0.25, 0.3) is 5.91 Å². The first-order chi connectivity index (χ1) is 26.3. The molecular weight excluding hydrogens is 734 g/mol. The second-order valence-corrected chi connectivity index (χ2v) is 11.8. The van der Waals surface area contributed by atoms with Gasteiger partial charge in [0, 0.05) is 26.2 Å². The van der Waals surface area contributed by atoms with Gasteiger partial charge < -0.3 is 72.7 Å². The number of nitrogens with one attached hydrogen (secondary N) is 9. The van der Waals surface area contributed by atoms with Crippen LogP contribution in [0.2, 0.25) is 0 Å². The number of guanidine groups is 1. The van der Waals surface area contributed by atoms with E-state index >= 15 is 0 Å². The van der Waals surface area contributed by atoms with E-state index in [0.717, 1.165) is 0 Å². The number of aliphatic carboxylic acids is 1. The largest absolute Gasteiger partial charge is 0.481 e. The average Bonchev–Trinajstić information content (AvgIpc) is 3.12. The van der Waals surface area contributed by atoms with E-state index < -0.39 is 72.6 Å². The fourth-order valence-electron chi connectivity index (χ4n) is 4.57. The number of ether oxygens (including phenoxy) is 4. The summed E-state index contributed by atoms with van der Waals surface area (Å²) < 4.78 is 20.9. The minimum Gasteiger partial charge on any atom is -0.481 e. The third kappa shape index (κ3) is 24.7. The third-order valence-corrected chi connectivity index (χ3v) is 7.21. The number of nitrogens with two attached hydrogens (primary N) is 2. The molecule has 0 aromatic rings. The summed E-state index contributed by atoms with van der Waals surface area (Å²) in [5.41, 5.74) is 10.6. The zero-order valence-corrected chi connectivity index (χ0v) is 30.7. The van der Waals surface area contributed by atoms with Gasteiger partial charge in [-0.3, -0.25) is 44.3 Å². The summed E-state index contributed by atoms with van der Waals surface area (Å²) >= 11 is 0. The number of urea groups is 1. The Morgan fingerprint density at radius 2 is 1.27 bits per heavy atom. The molecular formula is C31H55N11O13. The van der Waals surface area contributed by atoms with Gasteiger partial charge in [-0.1, -0.05) is 0 Å². The summed E-state index contributed by atoms with van der Waals surface area (Å²) in [5, 5.41) is 35.6. The van der Waals surface area contributed by atoms with Crippen LogP contribution in [0.1, 0.15) is 38.5 Å². The van der Waals surface area contributed by atoms with Crippen LogP contribution in [0.25, 0.3) is 0 Å². The third-order valence-electron chi connectivity index (χ3n) is 7.21. The molecule has 0 radical (unpaired) electrons. The summed E-state index contributed by atoms with van der Waals surface area (Å²) in [6.07, 6.45) is 0.0744. The number of hydrogen-bond acceptors (Lipinski definition) is 14. The molecule has 0 aliphatic carbocycles. The lowest BCUT2D eigenvalue weighted by Crippen LogP contribution is -2.59. The van der Waals surface area contributed by atoms with Gasteiger partial charge in [0.05, 0.1) is 52.6 Å². The highest BCUT2D eigenvalue weighted by atomic mass is 16.5. The van der Waals surface area contributed by atoms with E-state index in [4.69, 9.17) is 35.8 Å². The molecule has 0 aromatic carbocycles. The monoisotopic (exact) mass is 789 g/mol. The smallest absolute Gasteiger partial charge is 0.322 e. The highest BCUT2D eigenvalue weighted by Crippen LogP contribution is 2.05. The Labute approximate surface area is 317 Å². The summed E-state index contributed by atoms with van der Waals surface area (Å²) in [5.74, 6) is -6.10. The van der Waals surface area contributed by atoms with Crippen LogP contribution in [0.5, 0.6) is 0 Å². The van der Waals surface area contributed by atoms with Gasteiger partial charge in [0.15, 0.2) is 5.96 Å². The summed E-state index contributed by atoms with van der Waals surface area (Å²) in [6.45, 7) is 1.59. The number of hydrogen-bond donors (Lipinski definition) is 12. The number of carbonyl (C=O) groups excluding carboxylic acids is 7. The standard InChI is InChI=1S/C31H55N11O13/c32-6-10-52-12-14-54-19-25(45)36-9-11-53-13-15-55-18-24(44)35-7-2-1-4-21-28(49)40-20(5-3-8-37-30(33)34)27(48)38-17-23(43)39-22(16-26(46)47)29(50)42-31(51)41-21/h20-22H,1-19,32H2,(H,35,44)(H,36,45)(H,38,48)(H,39,43)(H,40,49)(H,46,47)(H4,33,34,37)(H2,41,42,50,51)/t20-,21-,22-/m0/s1. The van der Waals surface area contributed by atoms with E-state index in [2.05, 4.69) is 37.2 Å². The Bertz CT molecular complexity index is 1270. The molecule has 1 heterocycles. The molecule has 1 fully saturated rings. The van der Waals surface area contributed by atoms with Crippen LogP contribution < -0.4 is 54.0 Å². The van der Waals surface area contributed by atoms with E-state index in [0.29, 0.717) is 26.2 Å². The maximum Gasteiger partial charge on any atom is 0.322 e. The van der Waals surface area contributed by atoms with E-state index in [1.807, 2.05) is 5.32 Å². The molecule has 0 unspecified atom stereocenters. The molecule has 14 N–H and O–H groups in total. The van der Waals surface area contributed by atoms with Crippen LogP contribution in [0.3, 0.4) is 0 Å². The summed E-state index contributed by atoms with van der Waals surface area (Å²) in [6, 6.07) is -5.28. The van der Waals surface area contributed by atoms with Crippen molar-refractivity contribution >= 4 is 53.4 Å². The highest BCUT2D eigenvalue weighted by Gasteiger charge is 2.30. The first-order valence-corrected chi connectivity index (χ1v) is 17.6. The van der Waals surface area contributed by atoms with Gasteiger partial charge in [-0.15, -0.1) is 0 Å². The van der Waals surface area contributed by atoms with Crippen molar-refractivity contribution < 1.29 is 62.4 Å². The van der Waals surface area contributed by atoms with Gasteiger partial charge in [0.1, 0.15) is 31.3 Å². The van der Waals surface area contributed by atoms with Crippen molar-refractivity contribution in [2.75, 3.05) is 85.6 Å². The quantitative estimate of drug-likeness (QED) is 0.0221. The Morgan fingerprint density at radius 3 is 1.91 bits per heavy atom. The second-order valence-electron chi connectivity index (χ2n) is 11.8. The molecule has 312 valence electrons. The van der Waals surface area contributed by atoms with E-state index in [1.54, 1.807) is 0 Å². The maximum atomic E-state index is 13.3. The van der Waals surface area contributed by atoms with Gasteiger partial charge in [-0.25, -0.2) is 4.79 Å². The maximum absolute atomic E-state index is 13.3. The summed E-state index contributed by atoms with van der Waals surface area (Å²) in [7, 11) is 0. The second kappa shape index (κ2) is 29.2. The normalized spacial score (nSPS) is 18.1. The van der Waals surface area contributed by atoms with Crippen LogP contribution in [-0.4, -0.2) is 162 Å². The number of amides is 8. The molecule has 0 aromatic heterocycles. The van der Waals surface area contributed by atoms with Crippen LogP contribution in [-0.2, 0) is 52.5 Å². The topological polar surface area (TPSA) is 366 Å². The molecule has 1 aliphatic heterocycles. The van der Waals surface area contributed by atoms with Crippen molar-refractivity contribution in [1.82, 2.24) is 42.5 Å². The average molecular weight is 790 g/mol. The number of carbonyl (C=O) groups is 8. The van der Waals surface area contributed by atoms with Gasteiger partial charge in [0.2, 0.25) is 29.5 Å². The van der Waals surface area contributed by atoms with Crippen molar-refractivity contribution in [2.45, 2.75) is 56.7 Å². The summed E-state index contributed by atoms with van der Waals surface area (Å²) in [4.78, 5) is 99.1. The molecule has 24 heteroatoms. The Balaban J connectivity index is 2.56. The molecule has 0 bridgehead atoms. The van der Waals surface area contributed by atoms with E-state index in [1.165, 1.54) is 0 Å². The molecule has 1 saturated heterocycles. The first kappa shape index (κ1) is 47.9. The molecule has 55 heavy (non-hydrogen) atoms. The molecule has 0 spiro atoms. The van der Waals surface area contributed by atoms with Crippen molar-refractivity contribution in [3.8, 4) is 0 Å². The van der Waals surface area contributed by atoms with Crippen LogP contribution in [0, 0.1) is 5.41 Å². The lowest BCUT2D eigenvalue weighted by atomic mass is 10.1. The lowest BCUT2D eigenvalue weighted by Gasteiger charge is -2.25.